The molecule has 1 atom stereocenters. The van der Waals surface area contributed by atoms with Gasteiger partial charge in [0.2, 0.25) is 0 Å². The zero-order chi connectivity index (χ0) is 14.1. The summed E-state index contributed by atoms with van der Waals surface area (Å²) in [6.07, 6.45) is 7.98. The maximum atomic E-state index is 13.1. The summed E-state index contributed by atoms with van der Waals surface area (Å²) in [5.41, 5.74) is 4.41. The molecule has 0 saturated heterocycles. The van der Waals surface area contributed by atoms with E-state index in [2.05, 4.69) is 10.8 Å². The van der Waals surface area contributed by atoms with E-state index in [1.165, 1.54) is 11.6 Å². The van der Waals surface area contributed by atoms with Crippen LogP contribution in [0.15, 0.2) is 30.6 Å². The number of rotatable bonds is 2. The highest BCUT2D eigenvalue weighted by Crippen LogP contribution is 2.29. The van der Waals surface area contributed by atoms with Crippen molar-refractivity contribution in [3.05, 3.63) is 58.7 Å². The van der Waals surface area contributed by atoms with Crippen LogP contribution in [-0.4, -0.2) is 9.67 Å². The van der Waals surface area contributed by atoms with Crippen molar-refractivity contribution in [2.45, 2.75) is 45.3 Å². The predicted octanol–water partition coefficient (Wildman–Crippen LogP) is 3.74. The lowest BCUT2D eigenvalue weighted by molar-refractivity contribution is 0.166. The number of benzene rings is 1. The lowest BCUT2D eigenvalue weighted by Crippen LogP contribution is -2.00. The minimum absolute atomic E-state index is 0.190. The number of aliphatic hydroxyl groups is 1. The Bertz CT molecular complexity index is 617. The fourth-order valence-electron chi connectivity index (χ4n) is 3.02. The Morgan fingerprint density at radius 1 is 1.30 bits per heavy atom. The van der Waals surface area contributed by atoms with E-state index in [9.17, 15) is 9.50 Å². The first kappa shape index (κ1) is 13.4. The number of hydrogen-bond acceptors (Lipinski definition) is 1. The summed E-state index contributed by atoms with van der Waals surface area (Å²) in [5.74, 6) is -0.190. The van der Waals surface area contributed by atoms with E-state index in [-0.39, 0.29) is 11.9 Å². The summed E-state index contributed by atoms with van der Waals surface area (Å²) < 4.78 is 15.2. The normalized spacial score (nSPS) is 18.6. The number of hydrogen-bond donors (Lipinski definition) is 1. The first-order chi connectivity index (χ1) is 9.63. The monoisotopic (exact) mass is 273 g/mol. The topological polar surface area (TPSA) is 25.2 Å². The average Bonchev–Trinajstić information content (AvgIpc) is 2.73. The van der Waals surface area contributed by atoms with Gasteiger partial charge in [0.25, 0.3) is 0 Å². The highest BCUT2D eigenvalue weighted by atomic mass is 19.1. The molecule has 3 rings (SSSR count). The SMILES string of the molecule is Cc1cc(F)ccc1Cn1cc2c(c1)C(O)CCCC2. The standard InChI is InChI=1S/C17H20FNO/c1-12-8-15(18)7-6-13(12)9-19-10-14-4-2-3-5-17(20)16(14)11-19/h6-8,10-11,17,20H,2-5,9H2,1H3. The molecule has 1 heterocycles. The lowest BCUT2D eigenvalue weighted by Gasteiger charge is -2.08. The summed E-state index contributed by atoms with van der Waals surface area (Å²) in [7, 11) is 0. The molecule has 106 valence electrons. The van der Waals surface area contributed by atoms with Crippen LogP contribution in [0.2, 0.25) is 0 Å². The smallest absolute Gasteiger partial charge is 0.123 e. The summed E-state index contributed by atoms with van der Waals surface area (Å²) in [6.45, 7) is 2.66. The Labute approximate surface area is 118 Å². The van der Waals surface area contributed by atoms with Gasteiger partial charge in [-0.1, -0.05) is 12.5 Å². The van der Waals surface area contributed by atoms with Gasteiger partial charge in [0.05, 0.1) is 6.10 Å². The fraction of sp³-hybridized carbons (Fsp3) is 0.412. The molecule has 0 aliphatic heterocycles. The molecule has 3 heteroatoms. The molecule has 0 amide bonds. The molecule has 1 unspecified atom stereocenters. The van der Waals surface area contributed by atoms with Crippen LogP contribution in [0.25, 0.3) is 0 Å². The number of aromatic nitrogens is 1. The van der Waals surface area contributed by atoms with Crippen molar-refractivity contribution in [3.63, 3.8) is 0 Å². The van der Waals surface area contributed by atoms with Gasteiger partial charge in [0.15, 0.2) is 0 Å². The zero-order valence-corrected chi connectivity index (χ0v) is 11.8. The van der Waals surface area contributed by atoms with E-state index in [0.29, 0.717) is 0 Å². The van der Waals surface area contributed by atoms with Gasteiger partial charge < -0.3 is 9.67 Å². The Balaban J connectivity index is 1.87. The molecule has 0 saturated carbocycles. The van der Waals surface area contributed by atoms with Crippen LogP contribution >= 0.6 is 0 Å². The molecule has 0 spiro atoms. The number of halogens is 1. The van der Waals surface area contributed by atoms with Crippen LogP contribution in [0.5, 0.6) is 0 Å². The summed E-state index contributed by atoms with van der Waals surface area (Å²) >= 11 is 0. The van der Waals surface area contributed by atoms with E-state index in [4.69, 9.17) is 0 Å². The second-order valence-corrected chi connectivity index (χ2v) is 5.74. The van der Waals surface area contributed by atoms with Crippen molar-refractivity contribution < 1.29 is 9.50 Å². The van der Waals surface area contributed by atoms with Gasteiger partial charge >= 0.3 is 0 Å². The van der Waals surface area contributed by atoms with Crippen LogP contribution in [-0.2, 0) is 13.0 Å². The average molecular weight is 273 g/mol. The van der Waals surface area contributed by atoms with E-state index in [1.54, 1.807) is 6.07 Å². The van der Waals surface area contributed by atoms with Crippen molar-refractivity contribution >= 4 is 0 Å². The molecule has 1 aliphatic carbocycles. The third kappa shape index (κ3) is 2.63. The molecule has 1 aromatic carbocycles. The third-order valence-electron chi connectivity index (χ3n) is 4.19. The lowest BCUT2D eigenvalue weighted by atomic mass is 10.1. The molecule has 0 bridgehead atoms. The highest BCUT2D eigenvalue weighted by molar-refractivity contribution is 5.31. The van der Waals surface area contributed by atoms with Gasteiger partial charge in [0.1, 0.15) is 5.82 Å². The van der Waals surface area contributed by atoms with Gasteiger partial charge in [-0.25, -0.2) is 4.39 Å². The van der Waals surface area contributed by atoms with Crippen molar-refractivity contribution in [1.82, 2.24) is 4.57 Å². The van der Waals surface area contributed by atoms with E-state index < -0.39 is 0 Å². The van der Waals surface area contributed by atoms with Crippen LogP contribution in [0.3, 0.4) is 0 Å². The molecular weight excluding hydrogens is 253 g/mol. The van der Waals surface area contributed by atoms with Gasteiger partial charge in [-0.3, -0.25) is 0 Å². The van der Waals surface area contributed by atoms with E-state index >= 15 is 0 Å². The molecule has 1 aliphatic rings. The van der Waals surface area contributed by atoms with Crippen LogP contribution < -0.4 is 0 Å². The van der Waals surface area contributed by atoms with Gasteiger partial charge in [-0.05, 0) is 55.0 Å². The van der Waals surface area contributed by atoms with Crippen LogP contribution in [0.1, 0.15) is 47.6 Å². The predicted molar refractivity (Wildman–Crippen MR) is 77.2 cm³/mol. The molecule has 0 fully saturated rings. The third-order valence-corrected chi connectivity index (χ3v) is 4.19. The molecule has 1 aromatic heterocycles. The molecule has 0 radical (unpaired) electrons. The first-order valence-electron chi connectivity index (χ1n) is 7.25. The Morgan fingerprint density at radius 2 is 2.15 bits per heavy atom. The van der Waals surface area contributed by atoms with Crippen LogP contribution in [0, 0.1) is 12.7 Å². The minimum atomic E-state index is -0.330. The minimum Gasteiger partial charge on any atom is -0.388 e. The Kier molecular flexibility index (Phi) is 3.62. The van der Waals surface area contributed by atoms with Crippen molar-refractivity contribution in [2.75, 3.05) is 0 Å². The van der Waals surface area contributed by atoms with Gasteiger partial charge in [-0.2, -0.15) is 0 Å². The largest absolute Gasteiger partial charge is 0.388 e. The first-order valence-corrected chi connectivity index (χ1v) is 7.25. The number of fused-ring (bicyclic) bond motifs is 1. The number of nitrogens with zero attached hydrogens (tertiary/aromatic N) is 1. The Hall–Kier alpha value is -1.61. The molecule has 20 heavy (non-hydrogen) atoms. The van der Waals surface area contributed by atoms with Gasteiger partial charge in [0, 0.05) is 24.5 Å². The van der Waals surface area contributed by atoms with Crippen molar-refractivity contribution in [2.24, 2.45) is 0 Å². The highest BCUT2D eigenvalue weighted by Gasteiger charge is 2.18. The summed E-state index contributed by atoms with van der Waals surface area (Å²) in [6, 6.07) is 4.91. The van der Waals surface area contributed by atoms with Crippen LogP contribution in [0.4, 0.5) is 4.39 Å². The van der Waals surface area contributed by atoms with E-state index in [1.807, 2.05) is 19.2 Å². The second-order valence-electron chi connectivity index (χ2n) is 5.74. The van der Waals surface area contributed by atoms with Gasteiger partial charge in [-0.15, -0.1) is 0 Å². The molecule has 2 aromatic rings. The summed E-state index contributed by atoms with van der Waals surface area (Å²) in [4.78, 5) is 0. The maximum Gasteiger partial charge on any atom is 0.123 e. The molecule has 1 N–H and O–H groups in total. The number of aliphatic hydroxyl groups excluding tert-OH is 1. The zero-order valence-electron chi connectivity index (χ0n) is 11.8. The molecular formula is C17H20FNO. The van der Waals surface area contributed by atoms with E-state index in [0.717, 1.165) is 48.9 Å². The number of aryl methyl sites for hydroxylation is 2. The second kappa shape index (κ2) is 5.41. The fourth-order valence-corrected chi connectivity index (χ4v) is 3.02. The summed E-state index contributed by atoms with van der Waals surface area (Å²) in [5, 5.41) is 10.1. The maximum absolute atomic E-state index is 13.1. The van der Waals surface area contributed by atoms with Crippen molar-refractivity contribution in [1.29, 1.82) is 0 Å². The molecule has 2 nitrogen and oxygen atoms in total. The quantitative estimate of drug-likeness (QED) is 0.828. The Morgan fingerprint density at radius 3 is 2.95 bits per heavy atom. The van der Waals surface area contributed by atoms with Crippen molar-refractivity contribution in [3.8, 4) is 0 Å².